The second-order valence-corrected chi connectivity index (χ2v) is 4.21. The first kappa shape index (κ1) is 14.4. The second-order valence-electron chi connectivity index (χ2n) is 4.21. The Morgan fingerprint density at radius 1 is 1.33 bits per heavy atom. The van der Waals surface area contributed by atoms with Crippen molar-refractivity contribution in [3.8, 4) is 0 Å². The minimum absolute atomic E-state index is 0.112. The number of hydrogen-bond donors (Lipinski definition) is 1. The first-order valence-electron chi connectivity index (χ1n) is 5.90. The zero-order chi connectivity index (χ0) is 11.7. The molecule has 1 atom stereocenters. The second kappa shape index (κ2) is 7.69. The molecule has 0 saturated heterocycles. The van der Waals surface area contributed by atoms with Crippen LogP contribution in [0.25, 0.3) is 0 Å². The van der Waals surface area contributed by atoms with E-state index in [1.54, 1.807) is 0 Å². The molecule has 0 aromatic rings. The van der Waals surface area contributed by atoms with Crippen LogP contribution in [0.3, 0.4) is 0 Å². The number of unbranched alkanes of at least 4 members (excludes halogenated alkanes) is 1. The Bertz CT molecular complexity index is 180. The molecule has 0 saturated carbocycles. The Hall–Kier alpha value is -0.570. The zero-order valence-electron chi connectivity index (χ0n) is 10.2. The molecule has 0 aliphatic heterocycles. The fourth-order valence-electron chi connectivity index (χ4n) is 1.40. The summed E-state index contributed by atoms with van der Waals surface area (Å²) < 4.78 is 5.44. The summed E-state index contributed by atoms with van der Waals surface area (Å²) >= 11 is 0. The third-order valence-corrected chi connectivity index (χ3v) is 2.71. The van der Waals surface area contributed by atoms with Gasteiger partial charge in [-0.15, -0.1) is 0 Å². The molecular formula is C12H24O3. The van der Waals surface area contributed by atoms with Crippen LogP contribution in [0.15, 0.2) is 0 Å². The van der Waals surface area contributed by atoms with Crippen molar-refractivity contribution in [2.24, 2.45) is 0 Å². The number of carbonyl (C=O) groups is 1. The number of rotatable bonds is 8. The van der Waals surface area contributed by atoms with Gasteiger partial charge in [-0.05, 0) is 32.6 Å². The van der Waals surface area contributed by atoms with Gasteiger partial charge >= 0.3 is 5.97 Å². The van der Waals surface area contributed by atoms with E-state index in [9.17, 15) is 4.79 Å². The van der Waals surface area contributed by atoms with Gasteiger partial charge in [0.2, 0.25) is 0 Å². The van der Waals surface area contributed by atoms with Crippen molar-refractivity contribution in [2.75, 3.05) is 6.61 Å². The SMILES string of the molecule is CCCCC(=O)OC(C)(CC)CCCO. The standard InChI is InChI=1S/C12H24O3/c1-4-6-8-11(14)15-12(3,5-2)9-7-10-13/h13H,4-10H2,1-3H3. The molecule has 1 unspecified atom stereocenters. The van der Waals surface area contributed by atoms with Crippen molar-refractivity contribution < 1.29 is 14.6 Å². The van der Waals surface area contributed by atoms with Crippen LogP contribution in [0.1, 0.15) is 59.3 Å². The molecule has 1 N–H and O–H groups in total. The van der Waals surface area contributed by atoms with E-state index >= 15 is 0 Å². The zero-order valence-corrected chi connectivity index (χ0v) is 10.2. The first-order chi connectivity index (χ1) is 7.08. The minimum atomic E-state index is -0.395. The molecule has 3 heteroatoms. The van der Waals surface area contributed by atoms with Crippen LogP contribution in [0.4, 0.5) is 0 Å². The Morgan fingerprint density at radius 2 is 2.00 bits per heavy atom. The number of esters is 1. The third-order valence-electron chi connectivity index (χ3n) is 2.71. The van der Waals surface area contributed by atoms with Gasteiger partial charge in [0.05, 0.1) is 0 Å². The quantitative estimate of drug-likeness (QED) is 0.634. The van der Waals surface area contributed by atoms with E-state index < -0.39 is 5.60 Å². The van der Waals surface area contributed by atoms with Gasteiger partial charge < -0.3 is 9.84 Å². The van der Waals surface area contributed by atoms with E-state index in [-0.39, 0.29) is 12.6 Å². The van der Waals surface area contributed by atoms with Crippen molar-refractivity contribution in [1.29, 1.82) is 0 Å². The number of ether oxygens (including phenoxy) is 1. The summed E-state index contributed by atoms with van der Waals surface area (Å²) in [6.07, 6.45) is 4.62. The van der Waals surface area contributed by atoms with Crippen LogP contribution in [0.5, 0.6) is 0 Å². The smallest absolute Gasteiger partial charge is 0.306 e. The topological polar surface area (TPSA) is 46.5 Å². The van der Waals surface area contributed by atoms with E-state index in [0.717, 1.165) is 25.7 Å². The molecule has 3 nitrogen and oxygen atoms in total. The van der Waals surface area contributed by atoms with E-state index in [4.69, 9.17) is 9.84 Å². The summed E-state index contributed by atoms with van der Waals surface area (Å²) in [5, 5.41) is 8.76. The average molecular weight is 216 g/mol. The summed E-state index contributed by atoms with van der Waals surface area (Å²) in [6, 6.07) is 0. The Morgan fingerprint density at radius 3 is 2.47 bits per heavy atom. The molecule has 0 aromatic heterocycles. The van der Waals surface area contributed by atoms with Crippen LogP contribution >= 0.6 is 0 Å². The molecule has 90 valence electrons. The Labute approximate surface area is 92.8 Å². The highest BCUT2D eigenvalue weighted by atomic mass is 16.6. The normalized spacial score (nSPS) is 14.7. The fourth-order valence-corrected chi connectivity index (χ4v) is 1.40. The van der Waals surface area contributed by atoms with Crippen LogP contribution in [0, 0.1) is 0 Å². The average Bonchev–Trinajstić information content (AvgIpc) is 2.23. The van der Waals surface area contributed by atoms with Gasteiger partial charge in [0.25, 0.3) is 0 Å². The summed E-state index contributed by atoms with van der Waals surface area (Å²) in [6.45, 7) is 6.15. The summed E-state index contributed by atoms with van der Waals surface area (Å²) in [5.74, 6) is -0.112. The van der Waals surface area contributed by atoms with E-state index in [1.807, 2.05) is 13.8 Å². The lowest BCUT2D eigenvalue weighted by Crippen LogP contribution is -2.31. The maximum Gasteiger partial charge on any atom is 0.306 e. The highest BCUT2D eigenvalue weighted by Crippen LogP contribution is 2.22. The third kappa shape index (κ3) is 6.50. The fraction of sp³-hybridized carbons (Fsp3) is 0.917. The monoisotopic (exact) mass is 216 g/mol. The van der Waals surface area contributed by atoms with Gasteiger partial charge in [-0.25, -0.2) is 0 Å². The molecule has 0 radical (unpaired) electrons. The van der Waals surface area contributed by atoms with Gasteiger partial charge in [0.15, 0.2) is 0 Å². The summed E-state index contributed by atoms with van der Waals surface area (Å²) in [5.41, 5.74) is -0.395. The molecule has 0 aliphatic carbocycles. The first-order valence-corrected chi connectivity index (χ1v) is 5.90. The van der Waals surface area contributed by atoms with E-state index in [1.165, 1.54) is 0 Å². The number of carbonyl (C=O) groups excluding carboxylic acids is 1. The molecule has 15 heavy (non-hydrogen) atoms. The van der Waals surface area contributed by atoms with Crippen molar-refractivity contribution in [3.05, 3.63) is 0 Å². The van der Waals surface area contributed by atoms with Gasteiger partial charge in [-0.1, -0.05) is 20.3 Å². The van der Waals surface area contributed by atoms with Crippen molar-refractivity contribution in [3.63, 3.8) is 0 Å². The predicted molar refractivity (Wildman–Crippen MR) is 60.6 cm³/mol. The lowest BCUT2D eigenvalue weighted by molar-refractivity contribution is -0.159. The van der Waals surface area contributed by atoms with Crippen molar-refractivity contribution in [1.82, 2.24) is 0 Å². The minimum Gasteiger partial charge on any atom is -0.459 e. The molecular weight excluding hydrogens is 192 g/mol. The van der Waals surface area contributed by atoms with Crippen LogP contribution in [-0.2, 0) is 9.53 Å². The highest BCUT2D eigenvalue weighted by molar-refractivity contribution is 5.69. The maximum absolute atomic E-state index is 11.5. The number of aliphatic hydroxyl groups excluding tert-OH is 1. The van der Waals surface area contributed by atoms with E-state index in [2.05, 4.69) is 6.92 Å². The molecule has 0 amide bonds. The van der Waals surface area contributed by atoms with Gasteiger partial charge in [0.1, 0.15) is 5.60 Å². The van der Waals surface area contributed by atoms with Gasteiger partial charge in [-0.2, -0.15) is 0 Å². The molecule has 0 fully saturated rings. The predicted octanol–water partition coefficient (Wildman–Crippen LogP) is 2.66. The Kier molecular flexibility index (Phi) is 7.39. The van der Waals surface area contributed by atoms with Gasteiger partial charge in [0, 0.05) is 13.0 Å². The van der Waals surface area contributed by atoms with Crippen LogP contribution in [0.2, 0.25) is 0 Å². The van der Waals surface area contributed by atoms with Gasteiger partial charge in [-0.3, -0.25) is 4.79 Å². The van der Waals surface area contributed by atoms with Crippen LogP contribution < -0.4 is 0 Å². The summed E-state index contributed by atoms with van der Waals surface area (Å²) in [7, 11) is 0. The lowest BCUT2D eigenvalue weighted by atomic mass is 9.97. The lowest BCUT2D eigenvalue weighted by Gasteiger charge is -2.28. The Balaban J connectivity index is 3.99. The molecule has 0 heterocycles. The number of hydrogen-bond acceptors (Lipinski definition) is 3. The van der Waals surface area contributed by atoms with E-state index in [0.29, 0.717) is 12.8 Å². The van der Waals surface area contributed by atoms with Crippen molar-refractivity contribution in [2.45, 2.75) is 64.9 Å². The summed E-state index contributed by atoms with van der Waals surface area (Å²) in [4.78, 5) is 11.5. The molecule has 0 bridgehead atoms. The van der Waals surface area contributed by atoms with Crippen molar-refractivity contribution >= 4 is 5.97 Å². The maximum atomic E-state index is 11.5. The molecule has 0 aliphatic rings. The largest absolute Gasteiger partial charge is 0.459 e. The van der Waals surface area contributed by atoms with Crippen LogP contribution in [-0.4, -0.2) is 23.3 Å². The highest BCUT2D eigenvalue weighted by Gasteiger charge is 2.25. The molecule has 0 spiro atoms. The number of aliphatic hydroxyl groups is 1. The molecule has 0 aromatic carbocycles. The molecule has 0 rings (SSSR count).